The Hall–Kier alpha value is -0.610. The summed E-state index contributed by atoms with van der Waals surface area (Å²) in [7, 11) is 0. The van der Waals surface area contributed by atoms with Gasteiger partial charge in [-0.25, -0.2) is 0 Å². The normalized spacial score (nSPS) is 57.7. The lowest BCUT2D eigenvalue weighted by atomic mass is 9.44. The van der Waals surface area contributed by atoms with Gasteiger partial charge in [0, 0.05) is 19.3 Å². The molecule has 4 nitrogen and oxygen atoms in total. The fourth-order valence-corrected chi connectivity index (χ4v) is 10.6. The van der Waals surface area contributed by atoms with Crippen molar-refractivity contribution in [2.24, 2.45) is 52.3 Å². The fraction of sp³-hybridized carbons (Fsp3) is 0.966. The molecule has 0 N–H and O–H groups in total. The maximum Gasteiger partial charge on any atom is 0.302 e. The number of fused-ring (bicyclic) bond motifs is 7. The first-order valence-electron chi connectivity index (χ1n) is 14.2. The first-order chi connectivity index (χ1) is 15.7. The summed E-state index contributed by atoms with van der Waals surface area (Å²) in [5.41, 5.74) is 0.828. The summed E-state index contributed by atoms with van der Waals surface area (Å²) in [6.07, 6.45) is 12.9. The fourth-order valence-electron chi connectivity index (χ4n) is 10.6. The molecule has 0 bridgehead atoms. The zero-order chi connectivity index (χ0) is 23.2. The predicted molar refractivity (Wildman–Crippen MR) is 127 cm³/mol. The van der Waals surface area contributed by atoms with E-state index in [0.717, 1.165) is 49.5 Å². The monoisotopic (exact) mass is 458 g/mol. The van der Waals surface area contributed by atoms with Crippen LogP contribution in [0.25, 0.3) is 0 Å². The molecule has 0 amide bonds. The summed E-state index contributed by atoms with van der Waals surface area (Å²) >= 11 is 0. The van der Waals surface area contributed by atoms with Crippen molar-refractivity contribution >= 4 is 5.97 Å². The van der Waals surface area contributed by atoms with Gasteiger partial charge in [-0.3, -0.25) is 4.79 Å². The van der Waals surface area contributed by atoms with E-state index in [0.29, 0.717) is 34.7 Å². The lowest BCUT2D eigenvalue weighted by Crippen LogP contribution is -2.55. The van der Waals surface area contributed by atoms with E-state index >= 15 is 0 Å². The molecule has 2 aliphatic heterocycles. The van der Waals surface area contributed by atoms with E-state index in [1.54, 1.807) is 6.92 Å². The highest BCUT2D eigenvalue weighted by Gasteiger charge is 2.69. The van der Waals surface area contributed by atoms with Crippen LogP contribution in [0.15, 0.2) is 0 Å². The van der Waals surface area contributed by atoms with E-state index in [-0.39, 0.29) is 17.9 Å². The molecule has 0 radical (unpaired) electrons. The average Bonchev–Trinajstić information content (AvgIpc) is 3.21. The van der Waals surface area contributed by atoms with Gasteiger partial charge in [-0.15, -0.1) is 0 Å². The smallest absolute Gasteiger partial charge is 0.302 e. The highest BCUT2D eigenvalue weighted by Crippen LogP contribution is 2.71. The highest BCUT2D eigenvalue weighted by molar-refractivity contribution is 5.66. The molecule has 4 heteroatoms. The number of ether oxygens (including phenoxy) is 3. The number of hydrogen-bond donors (Lipinski definition) is 0. The zero-order valence-electron chi connectivity index (χ0n) is 21.6. The van der Waals surface area contributed by atoms with Gasteiger partial charge in [0.1, 0.15) is 6.10 Å². The van der Waals surface area contributed by atoms with Gasteiger partial charge in [-0.1, -0.05) is 27.7 Å². The van der Waals surface area contributed by atoms with Crippen LogP contribution in [0.1, 0.15) is 98.8 Å². The molecular weight excluding hydrogens is 412 g/mol. The molecular formula is C29H46O4. The molecule has 1 spiro atoms. The summed E-state index contributed by atoms with van der Waals surface area (Å²) in [6, 6.07) is 0. The Balaban J connectivity index is 1.21. The standard InChI is InChI=1S/C29H46O4/c1-17-8-13-29(31-16-17)18(2)26-25(33-29)15-24-22-7-6-20-14-21(32-19(3)30)9-11-27(20,4)23(22)10-12-28(24,26)5/h17-18,20-26H,6-16H2,1-5H3/t17-,18+,20-,21+,22-,23+,24+,25-,26-,27-,28+,29+/m0/s1. The lowest BCUT2D eigenvalue weighted by Gasteiger charge is -2.61. The van der Waals surface area contributed by atoms with Crippen LogP contribution in [0.4, 0.5) is 0 Å². The van der Waals surface area contributed by atoms with Crippen molar-refractivity contribution in [3.63, 3.8) is 0 Å². The number of hydrogen-bond acceptors (Lipinski definition) is 4. The van der Waals surface area contributed by atoms with Gasteiger partial charge >= 0.3 is 5.97 Å². The van der Waals surface area contributed by atoms with Crippen LogP contribution in [0.2, 0.25) is 0 Å². The van der Waals surface area contributed by atoms with Gasteiger partial charge in [-0.2, -0.15) is 0 Å². The summed E-state index contributed by atoms with van der Waals surface area (Å²) in [5, 5.41) is 0. The van der Waals surface area contributed by atoms with Crippen LogP contribution in [0, 0.1) is 52.3 Å². The highest BCUT2D eigenvalue weighted by atomic mass is 16.7. The van der Waals surface area contributed by atoms with Crippen LogP contribution in [0.5, 0.6) is 0 Å². The summed E-state index contributed by atoms with van der Waals surface area (Å²) in [6.45, 7) is 12.4. The molecule has 2 saturated heterocycles. The van der Waals surface area contributed by atoms with Crippen LogP contribution < -0.4 is 0 Å². The van der Waals surface area contributed by atoms with E-state index in [4.69, 9.17) is 14.2 Å². The van der Waals surface area contributed by atoms with Gasteiger partial charge in [0.05, 0.1) is 12.7 Å². The Morgan fingerprint density at radius 3 is 2.42 bits per heavy atom. The number of carbonyl (C=O) groups excluding carboxylic acids is 1. The molecule has 0 aromatic carbocycles. The molecule has 0 unspecified atom stereocenters. The minimum atomic E-state index is -0.300. The largest absolute Gasteiger partial charge is 0.463 e. The van der Waals surface area contributed by atoms with Crippen LogP contribution in [0.3, 0.4) is 0 Å². The average molecular weight is 459 g/mol. The van der Waals surface area contributed by atoms with Crippen LogP contribution in [-0.2, 0) is 19.0 Å². The van der Waals surface area contributed by atoms with Crippen molar-refractivity contribution in [1.82, 2.24) is 0 Å². The Labute approximate surface area is 200 Å². The SMILES string of the molecule is CC(=O)O[C@@H]1CC[C@@]2(C)[C@@H](CC[C@H]3[C@H]2CC[C@@]2(C)[C@@H]4[C@H](C[C@H]32)O[C@]2(CC[C@H](C)CO2)[C@@H]4C)C1. The van der Waals surface area contributed by atoms with Crippen molar-refractivity contribution < 1.29 is 19.0 Å². The molecule has 4 saturated carbocycles. The van der Waals surface area contributed by atoms with Crippen LogP contribution in [-0.4, -0.2) is 30.6 Å². The summed E-state index contributed by atoms with van der Waals surface area (Å²) in [5.74, 6) is 4.63. The quantitative estimate of drug-likeness (QED) is 0.429. The van der Waals surface area contributed by atoms with E-state index < -0.39 is 0 Å². The minimum Gasteiger partial charge on any atom is -0.463 e. The zero-order valence-corrected chi connectivity index (χ0v) is 21.6. The van der Waals surface area contributed by atoms with Gasteiger partial charge in [0.2, 0.25) is 0 Å². The van der Waals surface area contributed by atoms with Gasteiger partial charge < -0.3 is 14.2 Å². The molecule has 6 aliphatic rings. The second-order valence-corrected chi connectivity index (χ2v) is 13.7. The van der Waals surface area contributed by atoms with Gasteiger partial charge in [0.25, 0.3) is 0 Å². The Morgan fingerprint density at radius 1 is 0.909 bits per heavy atom. The number of rotatable bonds is 1. The maximum atomic E-state index is 11.5. The molecule has 2 heterocycles. The number of esters is 1. The van der Waals surface area contributed by atoms with Crippen LogP contribution >= 0.6 is 0 Å². The molecule has 6 fully saturated rings. The first-order valence-corrected chi connectivity index (χ1v) is 14.2. The van der Waals surface area contributed by atoms with E-state index in [1.807, 2.05) is 0 Å². The summed E-state index contributed by atoms with van der Waals surface area (Å²) in [4.78, 5) is 11.5. The van der Waals surface area contributed by atoms with Gasteiger partial charge in [-0.05, 0) is 104 Å². The Morgan fingerprint density at radius 2 is 1.70 bits per heavy atom. The van der Waals surface area contributed by atoms with Crippen molar-refractivity contribution in [2.75, 3.05) is 6.61 Å². The second kappa shape index (κ2) is 7.69. The molecule has 33 heavy (non-hydrogen) atoms. The third-order valence-corrected chi connectivity index (χ3v) is 12.2. The second-order valence-electron chi connectivity index (χ2n) is 13.7. The van der Waals surface area contributed by atoms with Crippen molar-refractivity contribution in [2.45, 2.75) is 117 Å². The van der Waals surface area contributed by atoms with E-state index in [1.165, 1.54) is 44.9 Å². The topological polar surface area (TPSA) is 44.8 Å². The maximum absolute atomic E-state index is 11.5. The minimum absolute atomic E-state index is 0.105. The third-order valence-electron chi connectivity index (χ3n) is 12.2. The molecule has 4 aliphatic carbocycles. The molecule has 6 rings (SSSR count). The number of carbonyl (C=O) groups is 1. The Kier molecular flexibility index (Phi) is 5.32. The van der Waals surface area contributed by atoms with Crippen molar-refractivity contribution in [3.8, 4) is 0 Å². The van der Waals surface area contributed by atoms with E-state index in [2.05, 4.69) is 27.7 Å². The summed E-state index contributed by atoms with van der Waals surface area (Å²) < 4.78 is 19.1. The molecule has 186 valence electrons. The molecule has 0 aromatic rings. The first kappa shape index (κ1) is 22.8. The van der Waals surface area contributed by atoms with Gasteiger partial charge in [0.15, 0.2) is 5.79 Å². The Bertz CT molecular complexity index is 786. The van der Waals surface area contributed by atoms with Crippen molar-refractivity contribution in [1.29, 1.82) is 0 Å². The van der Waals surface area contributed by atoms with E-state index in [9.17, 15) is 4.79 Å². The molecule has 0 aromatic heterocycles. The molecule has 12 atom stereocenters. The lowest BCUT2D eigenvalue weighted by molar-refractivity contribution is -0.273. The van der Waals surface area contributed by atoms with Crippen molar-refractivity contribution in [3.05, 3.63) is 0 Å². The predicted octanol–water partition coefficient (Wildman–Crippen LogP) is 6.36. The third kappa shape index (κ3) is 3.25.